The van der Waals surface area contributed by atoms with E-state index in [0.29, 0.717) is 16.1 Å². The molecule has 0 fully saturated rings. The maximum absolute atomic E-state index is 13.4. The number of aryl methyl sites for hydroxylation is 2. The van der Waals surface area contributed by atoms with Gasteiger partial charge >= 0.3 is 5.97 Å². The minimum absolute atomic E-state index is 0.0527. The van der Waals surface area contributed by atoms with E-state index >= 15 is 0 Å². The van der Waals surface area contributed by atoms with Crippen molar-refractivity contribution in [2.24, 2.45) is 0 Å². The Labute approximate surface area is 175 Å². The predicted octanol–water partition coefficient (Wildman–Crippen LogP) is 4.73. The molecule has 0 spiro atoms. The van der Waals surface area contributed by atoms with Gasteiger partial charge < -0.3 is 5.11 Å². The van der Waals surface area contributed by atoms with Crippen molar-refractivity contribution in [1.29, 1.82) is 0 Å². The van der Waals surface area contributed by atoms with Crippen molar-refractivity contribution in [1.82, 2.24) is 0 Å². The molecule has 0 aliphatic carbocycles. The number of anilines is 1. The lowest BCUT2D eigenvalue weighted by Crippen LogP contribution is -2.36. The number of hydrogen-bond acceptors (Lipinski definition) is 4. The van der Waals surface area contributed by atoms with E-state index in [2.05, 4.69) is 0 Å². The molecule has 3 rings (SSSR count). The van der Waals surface area contributed by atoms with Crippen LogP contribution in [0.2, 0.25) is 0 Å². The summed E-state index contributed by atoms with van der Waals surface area (Å²) >= 11 is 1.41. The van der Waals surface area contributed by atoms with Crippen LogP contribution in [0.5, 0.6) is 0 Å². The van der Waals surface area contributed by atoms with E-state index in [0.717, 1.165) is 14.8 Å². The van der Waals surface area contributed by atoms with Crippen LogP contribution in [0.25, 0.3) is 0 Å². The summed E-state index contributed by atoms with van der Waals surface area (Å²) < 4.78 is 27.7. The highest BCUT2D eigenvalue weighted by molar-refractivity contribution is 7.99. The monoisotopic (exact) mass is 427 g/mol. The Morgan fingerprint density at radius 2 is 1.55 bits per heavy atom. The van der Waals surface area contributed by atoms with E-state index in [-0.39, 0.29) is 4.90 Å². The molecule has 0 unspecified atom stereocenters. The molecule has 150 valence electrons. The number of aliphatic carboxylic acids is 1. The predicted molar refractivity (Wildman–Crippen MR) is 115 cm³/mol. The number of carboxylic acids is 1. The molecule has 0 aliphatic rings. The zero-order valence-electron chi connectivity index (χ0n) is 16.1. The van der Waals surface area contributed by atoms with Gasteiger partial charge in [-0.25, -0.2) is 8.42 Å². The summed E-state index contributed by atoms with van der Waals surface area (Å²) in [5, 5.41) is 9.47. The molecular formula is C22H21NO4S2. The van der Waals surface area contributed by atoms with Gasteiger partial charge in [0.1, 0.15) is 6.54 Å². The number of carbonyl (C=O) groups is 1. The standard InChI is InChI=1S/C22H21NO4S2/c1-16-13-17(2)22(20(14-16)28-18-9-5-3-6-10-18)23(15-21(24)25)29(26,27)19-11-7-4-8-12-19/h3-14H,15H2,1-2H3,(H,24,25). The fourth-order valence-corrected chi connectivity index (χ4v) is 5.80. The summed E-state index contributed by atoms with van der Waals surface area (Å²) in [5.74, 6) is -1.22. The summed E-state index contributed by atoms with van der Waals surface area (Å²) in [7, 11) is -4.06. The Balaban J connectivity index is 2.19. The lowest BCUT2D eigenvalue weighted by atomic mass is 10.1. The average Bonchev–Trinajstić information content (AvgIpc) is 2.68. The van der Waals surface area contributed by atoms with Crippen LogP contribution in [-0.2, 0) is 14.8 Å². The Kier molecular flexibility index (Phi) is 6.30. The third-order valence-electron chi connectivity index (χ3n) is 4.24. The van der Waals surface area contributed by atoms with Crippen LogP contribution >= 0.6 is 11.8 Å². The molecule has 1 N–H and O–H groups in total. The third kappa shape index (κ3) is 4.81. The molecule has 0 heterocycles. The van der Waals surface area contributed by atoms with Gasteiger partial charge in [-0.1, -0.05) is 54.2 Å². The average molecular weight is 428 g/mol. The van der Waals surface area contributed by atoms with Crippen LogP contribution in [0.4, 0.5) is 5.69 Å². The van der Waals surface area contributed by atoms with E-state index in [4.69, 9.17) is 0 Å². The second-order valence-electron chi connectivity index (χ2n) is 6.56. The third-order valence-corrected chi connectivity index (χ3v) is 7.04. The van der Waals surface area contributed by atoms with Crippen molar-refractivity contribution in [2.45, 2.75) is 28.5 Å². The summed E-state index contributed by atoms with van der Waals surface area (Å²) in [4.78, 5) is 13.3. The molecule has 0 aliphatic heterocycles. The molecule has 0 radical (unpaired) electrons. The molecule has 3 aromatic rings. The van der Waals surface area contributed by atoms with Crippen LogP contribution in [0.1, 0.15) is 11.1 Å². The van der Waals surface area contributed by atoms with Gasteiger partial charge in [0.05, 0.1) is 10.6 Å². The smallest absolute Gasteiger partial charge is 0.324 e. The van der Waals surface area contributed by atoms with Crippen LogP contribution in [0.3, 0.4) is 0 Å². The van der Waals surface area contributed by atoms with Crippen molar-refractivity contribution in [3.63, 3.8) is 0 Å². The summed E-state index contributed by atoms with van der Waals surface area (Å²) in [6.45, 7) is 3.06. The van der Waals surface area contributed by atoms with Crippen LogP contribution in [-0.4, -0.2) is 26.0 Å². The largest absolute Gasteiger partial charge is 0.480 e. The van der Waals surface area contributed by atoms with E-state index in [1.165, 1.54) is 23.9 Å². The topological polar surface area (TPSA) is 74.7 Å². The lowest BCUT2D eigenvalue weighted by molar-refractivity contribution is -0.135. The SMILES string of the molecule is Cc1cc(C)c(N(CC(=O)O)S(=O)(=O)c2ccccc2)c(Sc2ccccc2)c1. The molecule has 0 atom stereocenters. The van der Waals surface area contributed by atoms with Gasteiger partial charge in [0.15, 0.2) is 0 Å². The van der Waals surface area contributed by atoms with Crippen molar-refractivity contribution in [3.8, 4) is 0 Å². The number of benzene rings is 3. The lowest BCUT2D eigenvalue weighted by Gasteiger charge is -2.27. The van der Waals surface area contributed by atoms with Gasteiger partial charge in [0, 0.05) is 9.79 Å². The van der Waals surface area contributed by atoms with Crippen LogP contribution in [0.15, 0.2) is 87.5 Å². The minimum atomic E-state index is -4.06. The first kappa shape index (κ1) is 21.0. The zero-order valence-corrected chi connectivity index (χ0v) is 17.7. The second kappa shape index (κ2) is 8.71. The molecule has 29 heavy (non-hydrogen) atoms. The van der Waals surface area contributed by atoms with Crippen molar-refractivity contribution < 1.29 is 18.3 Å². The number of sulfonamides is 1. The fourth-order valence-electron chi connectivity index (χ4n) is 3.06. The first-order valence-corrected chi connectivity index (χ1v) is 11.2. The Morgan fingerprint density at radius 3 is 2.14 bits per heavy atom. The van der Waals surface area contributed by atoms with Gasteiger partial charge in [0.2, 0.25) is 0 Å². The highest BCUT2D eigenvalue weighted by Gasteiger charge is 2.30. The molecule has 0 bridgehead atoms. The van der Waals surface area contributed by atoms with Gasteiger partial charge in [-0.05, 0) is 55.3 Å². The maximum atomic E-state index is 13.4. The number of nitrogens with zero attached hydrogens (tertiary/aromatic N) is 1. The van der Waals surface area contributed by atoms with Crippen molar-refractivity contribution >= 4 is 33.4 Å². The highest BCUT2D eigenvalue weighted by atomic mass is 32.2. The summed E-state index contributed by atoms with van der Waals surface area (Å²) in [5.41, 5.74) is 2.05. The Hall–Kier alpha value is -2.77. The molecule has 0 aromatic heterocycles. The molecule has 7 heteroatoms. The van der Waals surface area contributed by atoms with Crippen LogP contribution in [0, 0.1) is 13.8 Å². The molecule has 0 saturated heterocycles. The van der Waals surface area contributed by atoms with E-state index in [1.54, 1.807) is 25.1 Å². The quantitative estimate of drug-likeness (QED) is 0.590. The highest BCUT2D eigenvalue weighted by Crippen LogP contribution is 2.40. The van der Waals surface area contributed by atoms with Crippen molar-refractivity contribution in [3.05, 3.63) is 83.9 Å². The Morgan fingerprint density at radius 1 is 0.966 bits per heavy atom. The van der Waals surface area contributed by atoms with E-state index in [1.807, 2.05) is 49.4 Å². The normalized spacial score (nSPS) is 11.2. The van der Waals surface area contributed by atoms with E-state index in [9.17, 15) is 18.3 Å². The van der Waals surface area contributed by atoms with Gasteiger partial charge in [-0.3, -0.25) is 9.10 Å². The number of hydrogen-bond donors (Lipinski definition) is 1. The summed E-state index contributed by atoms with van der Waals surface area (Å²) in [6.07, 6.45) is 0. The van der Waals surface area contributed by atoms with Crippen LogP contribution < -0.4 is 4.31 Å². The summed E-state index contributed by atoms with van der Waals surface area (Å²) in [6, 6.07) is 21.2. The number of carboxylic acid groups (broad SMARTS) is 1. The molecule has 0 saturated carbocycles. The Bertz CT molecular complexity index is 1110. The van der Waals surface area contributed by atoms with Gasteiger partial charge in [-0.15, -0.1) is 0 Å². The molecule has 5 nitrogen and oxygen atoms in total. The van der Waals surface area contributed by atoms with Gasteiger partial charge in [-0.2, -0.15) is 0 Å². The second-order valence-corrected chi connectivity index (χ2v) is 9.54. The number of rotatable bonds is 7. The van der Waals surface area contributed by atoms with Crippen molar-refractivity contribution in [2.75, 3.05) is 10.8 Å². The first-order chi connectivity index (χ1) is 13.8. The zero-order chi connectivity index (χ0) is 21.0. The molecular weight excluding hydrogens is 406 g/mol. The van der Waals surface area contributed by atoms with E-state index < -0.39 is 22.5 Å². The maximum Gasteiger partial charge on any atom is 0.324 e. The first-order valence-electron chi connectivity index (χ1n) is 8.93. The molecule has 3 aromatic carbocycles. The minimum Gasteiger partial charge on any atom is -0.480 e. The molecule has 0 amide bonds. The van der Waals surface area contributed by atoms with Gasteiger partial charge in [0.25, 0.3) is 10.0 Å². The fraction of sp³-hybridized carbons (Fsp3) is 0.136.